The van der Waals surface area contributed by atoms with Crippen LogP contribution < -0.4 is 10.1 Å². The molecule has 0 aliphatic carbocycles. The average Bonchev–Trinajstić information content (AvgIpc) is 3.34. The summed E-state index contributed by atoms with van der Waals surface area (Å²) >= 11 is 6.54. The monoisotopic (exact) mass is 502 g/mol. The number of carbonyl (C=O) groups is 1. The van der Waals surface area contributed by atoms with Gasteiger partial charge in [-0.2, -0.15) is 0 Å². The smallest absolute Gasteiger partial charge is 0.245 e. The number of H-pyrrole nitrogens is 1. The molecular formula is C27H27ClN6O2. The summed E-state index contributed by atoms with van der Waals surface area (Å²) in [6, 6.07) is 9.47. The third-order valence-corrected chi connectivity index (χ3v) is 6.89. The Bertz CT molecular complexity index is 1410. The first kappa shape index (κ1) is 23.8. The number of likely N-dealkylation sites (tertiary alicyclic amines) is 1. The molecule has 0 atom stereocenters. The van der Waals surface area contributed by atoms with E-state index in [1.165, 1.54) is 12.4 Å². The van der Waals surface area contributed by atoms with Gasteiger partial charge in [-0.3, -0.25) is 9.78 Å². The maximum Gasteiger partial charge on any atom is 0.245 e. The number of rotatable bonds is 7. The van der Waals surface area contributed by atoms with Crippen LogP contribution in [-0.4, -0.2) is 43.8 Å². The summed E-state index contributed by atoms with van der Waals surface area (Å²) in [5, 5.41) is 4.84. The van der Waals surface area contributed by atoms with E-state index in [1.54, 1.807) is 6.20 Å². The van der Waals surface area contributed by atoms with Crippen LogP contribution in [0.4, 0.5) is 11.5 Å². The number of aromatic nitrogens is 4. The highest BCUT2D eigenvalue weighted by Crippen LogP contribution is 2.37. The van der Waals surface area contributed by atoms with Crippen molar-refractivity contribution >= 4 is 40.0 Å². The lowest BCUT2D eigenvalue weighted by Crippen LogP contribution is -2.36. The van der Waals surface area contributed by atoms with Crippen molar-refractivity contribution in [3.8, 4) is 5.75 Å². The van der Waals surface area contributed by atoms with Gasteiger partial charge in [-0.25, -0.2) is 9.97 Å². The number of pyridine rings is 1. The number of amides is 1. The van der Waals surface area contributed by atoms with Gasteiger partial charge in [-0.05, 0) is 67.2 Å². The number of fused-ring (bicyclic) bond motifs is 1. The van der Waals surface area contributed by atoms with Crippen LogP contribution in [-0.2, 0) is 11.4 Å². The largest absolute Gasteiger partial charge is 0.486 e. The normalized spacial score (nSPS) is 14.1. The summed E-state index contributed by atoms with van der Waals surface area (Å²) in [6.45, 7) is 7.34. The molecule has 184 valence electrons. The van der Waals surface area contributed by atoms with Crippen molar-refractivity contribution in [1.29, 1.82) is 0 Å². The topological polar surface area (TPSA) is 96.0 Å². The van der Waals surface area contributed by atoms with Crippen LogP contribution in [0.3, 0.4) is 0 Å². The maximum atomic E-state index is 12.0. The second kappa shape index (κ2) is 10.4. The number of aryl methyl sites for hydroxylation is 1. The average molecular weight is 503 g/mol. The SMILES string of the molecule is C=CC(=O)N1CCC(c2c[nH]c3ncnc(Nc4ccc(OCc5ncccc5C)c(Cl)c4)c23)CC1. The number of nitrogens with one attached hydrogen (secondary N) is 2. The fourth-order valence-electron chi connectivity index (χ4n) is 4.59. The molecule has 0 unspecified atom stereocenters. The molecule has 1 saturated heterocycles. The Balaban J connectivity index is 1.33. The van der Waals surface area contributed by atoms with E-state index in [1.807, 2.05) is 48.4 Å². The molecule has 1 fully saturated rings. The molecule has 3 aromatic heterocycles. The molecular weight excluding hydrogens is 476 g/mol. The molecule has 2 N–H and O–H groups in total. The number of hydrogen-bond acceptors (Lipinski definition) is 6. The number of piperidine rings is 1. The van der Waals surface area contributed by atoms with Gasteiger partial charge in [0.2, 0.25) is 5.91 Å². The number of halogens is 1. The van der Waals surface area contributed by atoms with Crippen LogP contribution in [0.1, 0.15) is 35.6 Å². The van der Waals surface area contributed by atoms with Gasteiger partial charge >= 0.3 is 0 Å². The number of ether oxygens (including phenoxy) is 1. The summed E-state index contributed by atoms with van der Waals surface area (Å²) in [6.07, 6.45) is 8.41. The van der Waals surface area contributed by atoms with Crippen LogP contribution in [0.2, 0.25) is 5.02 Å². The van der Waals surface area contributed by atoms with Gasteiger partial charge in [0.25, 0.3) is 0 Å². The molecule has 5 rings (SSSR count). The van der Waals surface area contributed by atoms with Crippen LogP contribution in [0.15, 0.2) is 61.7 Å². The molecule has 8 nitrogen and oxygen atoms in total. The summed E-state index contributed by atoms with van der Waals surface area (Å²) in [5.41, 5.74) is 4.65. The molecule has 0 spiro atoms. The van der Waals surface area contributed by atoms with Gasteiger partial charge in [-0.1, -0.05) is 24.2 Å². The molecule has 1 aliphatic heterocycles. The highest BCUT2D eigenvalue weighted by molar-refractivity contribution is 6.32. The number of carbonyl (C=O) groups excluding carboxylic acids is 1. The van der Waals surface area contributed by atoms with Gasteiger partial charge in [0, 0.05) is 31.2 Å². The minimum atomic E-state index is -0.0162. The quantitative estimate of drug-likeness (QED) is 0.322. The molecule has 1 aliphatic rings. The third-order valence-electron chi connectivity index (χ3n) is 6.60. The van der Waals surface area contributed by atoms with Crippen molar-refractivity contribution in [3.63, 3.8) is 0 Å². The van der Waals surface area contributed by atoms with Gasteiger partial charge in [-0.15, -0.1) is 0 Å². The van der Waals surface area contributed by atoms with E-state index in [4.69, 9.17) is 16.3 Å². The van der Waals surface area contributed by atoms with Gasteiger partial charge in [0.05, 0.1) is 16.1 Å². The van der Waals surface area contributed by atoms with E-state index in [2.05, 4.69) is 31.8 Å². The summed E-state index contributed by atoms with van der Waals surface area (Å²) in [4.78, 5) is 30.4. The number of benzene rings is 1. The molecule has 0 radical (unpaired) electrons. The lowest BCUT2D eigenvalue weighted by atomic mass is 9.89. The van der Waals surface area contributed by atoms with Crippen molar-refractivity contribution in [2.24, 2.45) is 0 Å². The van der Waals surface area contributed by atoms with Gasteiger partial charge in [0.15, 0.2) is 0 Å². The number of anilines is 2. The highest BCUT2D eigenvalue weighted by Gasteiger charge is 2.26. The third kappa shape index (κ3) is 4.90. The van der Waals surface area contributed by atoms with E-state index in [9.17, 15) is 4.79 Å². The molecule has 0 saturated carbocycles. The first-order valence-electron chi connectivity index (χ1n) is 11.9. The second-order valence-electron chi connectivity index (χ2n) is 8.82. The molecule has 1 amide bonds. The van der Waals surface area contributed by atoms with Crippen molar-refractivity contribution in [2.45, 2.75) is 32.3 Å². The van der Waals surface area contributed by atoms with E-state index >= 15 is 0 Å². The lowest BCUT2D eigenvalue weighted by Gasteiger charge is -2.31. The zero-order valence-electron chi connectivity index (χ0n) is 20.0. The lowest BCUT2D eigenvalue weighted by molar-refractivity contribution is -0.127. The minimum absolute atomic E-state index is 0.0162. The maximum absolute atomic E-state index is 12.0. The van der Waals surface area contributed by atoms with Gasteiger partial charge < -0.3 is 19.9 Å². The van der Waals surface area contributed by atoms with Crippen LogP contribution >= 0.6 is 11.6 Å². The Morgan fingerprint density at radius 1 is 1.28 bits per heavy atom. The summed E-state index contributed by atoms with van der Waals surface area (Å²) < 4.78 is 5.91. The van der Waals surface area contributed by atoms with Crippen LogP contribution in [0, 0.1) is 6.92 Å². The van der Waals surface area contributed by atoms with Crippen LogP contribution in [0.25, 0.3) is 11.0 Å². The highest BCUT2D eigenvalue weighted by atomic mass is 35.5. The van der Waals surface area contributed by atoms with Gasteiger partial charge in [0.1, 0.15) is 30.1 Å². The zero-order valence-corrected chi connectivity index (χ0v) is 20.8. The Kier molecular flexibility index (Phi) is 6.86. The number of nitrogens with zero attached hydrogens (tertiary/aromatic N) is 4. The van der Waals surface area contributed by atoms with Crippen molar-refractivity contribution in [3.05, 3.63) is 83.6 Å². The standard InChI is InChI=1S/C27H27ClN6O2/c1-3-24(35)34-11-8-18(9-12-34)20-14-30-26-25(20)27(32-16-31-26)33-19-6-7-23(21(28)13-19)36-15-22-17(2)5-4-10-29-22/h3-7,10,13-14,16,18H,1,8-9,11-12,15H2,2H3,(H2,30,31,32,33). The Hall–Kier alpha value is -3.91. The Labute approximate surface area is 214 Å². The van der Waals surface area contributed by atoms with Crippen molar-refractivity contribution in [1.82, 2.24) is 24.8 Å². The molecule has 4 heterocycles. The number of aromatic amines is 1. The Morgan fingerprint density at radius 3 is 2.86 bits per heavy atom. The molecule has 36 heavy (non-hydrogen) atoms. The van der Waals surface area contributed by atoms with Crippen LogP contribution in [0.5, 0.6) is 5.75 Å². The second-order valence-corrected chi connectivity index (χ2v) is 9.23. The fourth-order valence-corrected chi connectivity index (χ4v) is 4.83. The predicted molar refractivity (Wildman–Crippen MR) is 141 cm³/mol. The van der Waals surface area contributed by atoms with E-state index in [-0.39, 0.29) is 5.91 Å². The van der Waals surface area contributed by atoms with Crippen molar-refractivity contribution < 1.29 is 9.53 Å². The predicted octanol–water partition coefficient (Wildman–Crippen LogP) is 5.53. The van der Waals surface area contributed by atoms with E-state index in [0.717, 1.165) is 46.4 Å². The molecule has 4 aromatic rings. The molecule has 1 aromatic carbocycles. The zero-order chi connectivity index (χ0) is 25.1. The Morgan fingerprint density at radius 2 is 2.11 bits per heavy atom. The van der Waals surface area contributed by atoms with E-state index in [0.29, 0.717) is 42.2 Å². The summed E-state index contributed by atoms with van der Waals surface area (Å²) in [7, 11) is 0. The molecule has 9 heteroatoms. The van der Waals surface area contributed by atoms with Crippen molar-refractivity contribution in [2.75, 3.05) is 18.4 Å². The first-order chi connectivity index (χ1) is 17.5. The summed E-state index contributed by atoms with van der Waals surface area (Å²) in [5.74, 6) is 1.57. The number of hydrogen-bond donors (Lipinski definition) is 2. The van der Waals surface area contributed by atoms with E-state index < -0.39 is 0 Å². The fraction of sp³-hybridized carbons (Fsp3) is 0.259. The first-order valence-corrected chi connectivity index (χ1v) is 12.2. The molecule has 0 bridgehead atoms. The minimum Gasteiger partial charge on any atom is -0.486 e.